The minimum absolute atomic E-state index is 0.0976. The van der Waals surface area contributed by atoms with Gasteiger partial charge in [0.2, 0.25) is 5.91 Å². The molecule has 0 aliphatic carbocycles. The van der Waals surface area contributed by atoms with E-state index in [1.807, 2.05) is 6.07 Å². The Balaban J connectivity index is 3.00. The van der Waals surface area contributed by atoms with Crippen molar-refractivity contribution in [3.05, 3.63) is 28.2 Å². The normalized spacial score (nSPS) is 9.21. The fourth-order valence-corrected chi connectivity index (χ4v) is 1.32. The number of nitrogens with zero attached hydrogens (tertiary/aromatic N) is 1. The van der Waals surface area contributed by atoms with E-state index in [-0.39, 0.29) is 5.91 Å². The quantitative estimate of drug-likeness (QED) is 0.880. The van der Waals surface area contributed by atoms with Crippen LogP contribution in [-0.2, 0) is 4.79 Å². The van der Waals surface area contributed by atoms with E-state index in [1.165, 1.54) is 0 Å². The first-order valence-corrected chi connectivity index (χ1v) is 4.96. The van der Waals surface area contributed by atoms with E-state index in [9.17, 15) is 4.79 Å². The molecule has 0 spiro atoms. The topological polar surface area (TPSA) is 52.9 Å². The first-order chi connectivity index (χ1) is 6.67. The van der Waals surface area contributed by atoms with Gasteiger partial charge in [-0.2, -0.15) is 5.26 Å². The van der Waals surface area contributed by atoms with Crippen molar-refractivity contribution in [3.8, 4) is 6.07 Å². The van der Waals surface area contributed by atoms with Crippen molar-refractivity contribution in [2.45, 2.75) is 13.3 Å². The average Bonchev–Trinajstić information content (AvgIpc) is 2.18. The molecule has 1 rings (SSSR count). The van der Waals surface area contributed by atoms with Gasteiger partial charge in [-0.3, -0.25) is 4.79 Å². The molecular formula is C10H9BrN2O. The van der Waals surface area contributed by atoms with Crippen LogP contribution in [0.3, 0.4) is 0 Å². The number of rotatable bonds is 2. The van der Waals surface area contributed by atoms with Crippen LogP contribution in [0.2, 0.25) is 0 Å². The highest BCUT2D eigenvalue weighted by Gasteiger charge is 2.05. The SMILES string of the molecule is CCC(=O)Nc1cc(Br)ccc1C#N. The molecule has 0 saturated heterocycles. The summed E-state index contributed by atoms with van der Waals surface area (Å²) in [5.74, 6) is -0.0976. The van der Waals surface area contributed by atoms with Crippen molar-refractivity contribution in [2.75, 3.05) is 5.32 Å². The molecule has 4 heteroatoms. The van der Waals surface area contributed by atoms with Crippen LogP contribution in [0.1, 0.15) is 18.9 Å². The summed E-state index contributed by atoms with van der Waals surface area (Å²) in [6.45, 7) is 1.76. The van der Waals surface area contributed by atoms with Crippen LogP contribution in [0.4, 0.5) is 5.69 Å². The second-order valence-electron chi connectivity index (χ2n) is 2.70. The molecule has 0 unspecified atom stereocenters. The summed E-state index contributed by atoms with van der Waals surface area (Å²) in [4.78, 5) is 11.1. The zero-order valence-corrected chi connectivity index (χ0v) is 9.26. The Morgan fingerprint density at radius 3 is 2.93 bits per heavy atom. The molecule has 0 aromatic heterocycles. The van der Waals surface area contributed by atoms with Crippen LogP contribution in [0.5, 0.6) is 0 Å². The molecule has 1 aromatic rings. The monoisotopic (exact) mass is 252 g/mol. The van der Waals surface area contributed by atoms with Crippen LogP contribution in [0, 0.1) is 11.3 Å². The molecule has 14 heavy (non-hydrogen) atoms. The molecule has 0 saturated carbocycles. The lowest BCUT2D eigenvalue weighted by molar-refractivity contribution is -0.115. The molecule has 3 nitrogen and oxygen atoms in total. The predicted octanol–water partition coefficient (Wildman–Crippen LogP) is 2.67. The zero-order chi connectivity index (χ0) is 10.6. The molecule has 0 fully saturated rings. The first kappa shape index (κ1) is 10.7. The van der Waals surface area contributed by atoms with Crippen molar-refractivity contribution in [1.29, 1.82) is 5.26 Å². The number of benzene rings is 1. The maximum atomic E-state index is 11.1. The van der Waals surface area contributed by atoms with Crippen LogP contribution in [0.25, 0.3) is 0 Å². The fourth-order valence-electron chi connectivity index (χ4n) is 0.956. The Hall–Kier alpha value is -1.34. The Bertz CT molecular complexity index is 396. The summed E-state index contributed by atoms with van der Waals surface area (Å²) in [5, 5.41) is 11.4. The van der Waals surface area contributed by atoms with Gasteiger partial charge in [-0.25, -0.2) is 0 Å². The number of halogens is 1. The number of hydrogen-bond donors (Lipinski definition) is 1. The van der Waals surface area contributed by atoms with Gasteiger partial charge in [0.25, 0.3) is 0 Å². The molecule has 0 radical (unpaired) electrons. The molecule has 1 amide bonds. The molecule has 0 bridgehead atoms. The summed E-state index contributed by atoms with van der Waals surface area (Å²) in [6, 6.07) is 7.16. The Labute approximate surface area is 90.9 Å². The third kappa shape index (κ3) is 2.57. The van der Waals surface area contributed by atoms with E-state index in [0.29, 0.717) is 17.7 Å². The van der Waals surface area contributed by atoms with Crippen molar-refractivity contribution < 1.29 is 4.79 Å². The van der Waals surface area contributed by atoms with E-state index >= 15 is 0 Å². The average molecular weight is 253 g/mol. The van der Waals surface area contributed by atoms with Gasteiger partial charge in [0.1, 0.15) is 6.07 Å². The zero-order valence-electron chi connectivity index (χ0n) is 7.67. The summed E-state index contributed by atoms with van der Waals surface area (Å²) < 4.78 is 0.836. The number of hydrogen-bond acceptors (Lipinski definition) is 2. The highest BCUT2D eigenvalue weighted by molar-refractivity contribution is 9.10. The smallest absolute Gasteiger partial charge is 0.224 e. The van der Waals surface area contributed by atoms with Crippen molar-refractivity contribution in [3.63, 3.8) is 0 Å². The molecule has 0 aliphatic heterocycles. The van der Waals surface area contributed by atoms with Crippen LogP contribution < -0.4 is 5.32 Å². The summed E-state index contributed by atoms with van der Waals surface area (Å²) in [5.41, 5.74) is 1.02. The molecule has 72 valence electrons. The summed E-state index contributed by atoms with van der Waals surface area (Å²) in [7, 11) is 0. The van der Waals surface area contributed by atoms with Gasteiger partial charge >= 0.3 is 0 Å². The van der Waals surface area contributed by atoms with Crippen molar-refractivity contribution >= 4 is 27.5 Å². The summed E-state index contributed by atoms with van der Waals surface area (Å²) >= 11 is 3.28. The number of carbonyl (C=O) groups excluding carboxylic acids is 1. The van der Waals surface area contributed by atoms with E-state index in [2.05, 4.69) is 21.2 Å². The second kappa shape index (κ2) is 4.77. The van der Waals surface area contributed by atoms with Crippen LogP contribution in [0.15, 0.2) is 22.7 Å². The van der Waals surface area contributed by atoms with Crippen molar-refractivity contribution in [1.82, 2.24) is 0 Å². The maximum absolute atomic E-state index is 11.1. The Morgan fingerprint density at radius 1 is 1.64 bits per heavy atom. The van der Waals surface area contributed by atoms with E-state index in [0.717, 1.165) is 4.47 Å². The lowest BCUT2D eigenvalue weighted by atomic mass is 10.2. The minimum Gasteiger partial charge on any atom is -0.325 e. The third-order valence-electron chi connectivity index (χ3n) is 1.70. The third-order valence-corrected chi connectivity index (χ3v) is 2.19. The van der Waals surface area contributed by atoms with Gasteiger partial charge in [-0.05, 0) is 18.2 Å². The summed E-state index contributed by atoms with van der Waals surface area (Å²) in [6.07, 6.45) is 0.400. The molecule has 1 N–H and O–H groups in total. The second-order valence-corrected chi connectivity index (χ2v) is 3.62. The first-order valence-electron chi connectivity index (χ1n) is 4.17. The maximum Gasteiger partial charge on any atom is 0.224 e. The van der Waals surface area contributed by atoms with Gasteiger partial charge in [0.05, 0.1) is 11.3 Å². The number of anilines is 1. The molecule has 0 heterocycles. The van der Waals surface area contributed by atoms with Crippen LogP contribution >= 0.6 is 15.9 Å². The number of nitrogens with one attached hydrogen (secondary N) is 1. The molecular weight excluding hydrogens is 244 g/mol. The van der Waals surface area contributed by atoms with Crippen molar-refractivity contribution in [2.24, 2.45) is 0 Å². The van der Waals surface area contributed by atoms with Gasteiger partial charge in [-0.1, -0.05) is 22.9 Å². The molecule has 0 aliphatic rings. The fraction of sp³-hybridized carbons (Fsp3) is 0.200. The number of carbonyl (C=O) groups is 1. The van der Waals surface area contributed by atoms with E-state index in [1.54, 1.807) is 25.1 Å². The van der Waals surface area contributed by atoms with Gasteiger partial charge in [0.15, 0.2) is 0 Å². The Morgan fingerprint density at radius 2 is 2.36 bits per heavy atom. The minimum atomic E-state index is -0.0976. The Kier molecular flexibility index (Phi) is 3.66. The van der Waals surface area contributed by atoms with E-state index in [4.69, 9.17) is 5.26 Å². The van der Waals surface area contributed by atoms with Gasteiger partial charge in [0, 0.05) is 10.9 Å². The highest BCUT2D eigenvalue weighted by atomic mass is 79.9. The standard InChI is InChI=1S/C10H9BrN2O/c1-2-10(14)13-9-5-8(11)4-3-7(9)6-12/h3-5H,2H2,1H3,(H,13,14). The number of nitriles is 1. The lowest BCUT2D eigenvalue weighted by Gasteiger charge is -2.05. The van der Waals surface area contributed by atoms with Gasteiger partial charge < -0.3 is 5.32 Å². The van der Waals surface area contributed by atoms with Gasteiger partial charge in [-0.15, -0.1) is 0 Å². The largest absolute Gasteiger partial charge is 0.325 e. The highest BCUT2D eigenvalue weighted by Crippen LogP contribution is 2.20. The van der Waals surface area contributed by atoms with Crippen LogP contribution in [-0.4, -0.2) is 5.91 Å². The molecule has 0 atom stereocenters. The van der Waals surface area contributed by atoms with E-state index < -0.39 is 0 Å². The lowest BCUT2D eigenvalue weighted by Crippen LogP contribution is -2.10. The number of amides is 1. The predicted molar refractivity (Wildman–Crippen MR) is 57.8 cm³/mol. The molecule has 1 aromatic carbocycles.